The summed E-state index contributed by atoms with van der Waals surface area (Å²) in [5, 5.41) is 9.54. The van der Waals surface area contributed by atoms with Gasteiger partial charge < -0.3 is 16.0 Å². The molecule has 0 spiro atoms. The highest BCUT2D eigenvalue weighted by Crippen LogP contribution is 2.49. The van der Waals surface area contributed by atoms with Crippen LogP contribution in [0.2, 0.25) is 0 Å². The molecule has 2 bridgehead atoms. The number of guanidine groups is 1. The van der Waals surface area contributed by atoms with Gasteiger partial charge in [0.15, 0.2) is 5.96 Å². The Labute approximate surface area is 164 Å². The molecule has 0 aromatic heterocycles. The van der Waals surface area contributed by atoms with Gasteiger partial charge in [-0.1, -0.05) is 6.42 Å². The van der Waals surface area contributed by atoms with Gasteiger partial charge in [0, 0.05) is 18.6 Å². The SMILES string of the molecule is CCNC(=NCC(=O)NC(C)(C)C)NCCC1CC2CCC1C2.I. The Bertz CT molecular complexity index is 433. The summed E-state index contributed by atoms with van der Waals surface area (Å²) in [4.78, 5) is 16.3. The lowest BCUT2D eigenvalue weighted by atomic mass is 9.86. The van der Waals surface area contributed by atoms with Crippen LogP contribution in [0.5, 0.6) is 0 Å². The van der Waals surface area contributed by atoms with Gasteiger partial charge in [0.05, 0.1) is 0 Å². The number of fused-ring (bicyclic) bond motifs is 2. The molecule has 2 rings (SSSR count). The summed E-state index contributed by atoms with van der Waals surface area (Å²) in [6.45, 7) is 9.90. The predicted molar refractivity (Wildman–Crippen MR) is 111 cm³/mol. The minimum absolute atomic E-state index is 0. The van der Waals surface area contributed by atoms with Gasteiger partial charge in [0.1, 0.15) is 6.54 Å². The van der Waals surface area contributed by atoms with Crippen LogP contribution in [0.15, 0.2) is 4.99 Å². The molecule has 24 heavy (non-hydrogen) atoms. The topological polar surface area (TPSA) is 65.5 Å². The zero-order valence-electron chi connectivity index (χ0n) is 15.7. The Morgan fingerprint density at radius 3 is 2.46 bits per heavy atom. The number of hydrogen-bond donors (Lipinski definition) is 3. The van der Waals surface area contributed by atoms with Crippen LogP contribution < -0.4 is 16.0 Å². The normalized spacial score (nSPS) is 26.0. The van der Waals surface area contributed by atoms with Crippen LogP contribution in [-0.2, 0) is 4.79 Å². The minimum Gasteiger partial charge on any atom is -0.357 e. The predicted octanol–water partition coefficient (Wildman–Crippen LogP) is 2.90. The van der Waals surface area contributed by atoms with Crippen molar-refractivity contribution in [1.82, 2.24) is 16.0 Å². The van der Waals surface area contributed by atoms with Gasteiger partial charge >= 0.3 is 0 Å². The number of hydrogen-bond acceptors (Lipinski definition) is 2. The van der Waals surface area contributed by atoms with E-state index in [1.54, 1.807) is 0 Å². The molecule has 2 saturated carbocycles. The summed E-state index contributed by atoms with van der Waals surface area (Å²) in [5.41, 5.74) is -0.208. The van der Waals surface area contributed by atoms with E-state index in [0.29, 0.717) is 0 Å². The molecule has 3 atom stereocenters. The lowest BCUT2D eigenvalue weighted by molar-refractivity contribution is -0.121. The van der Waals surface area contributed by atoms with Gasteiger partial charge in [-0.2, -0.15) is 0 Å². The molecule has 0 aliphatic heterocycles. The van der Waals surface area contributed by atoms with Crippen molar-refractivity contribution >= 4 is 35.8 Å². The van der Waals surface area contributed by atoms with Gasteiger partial charge in [0.2, 0.25) is 5.91 Å². The molecular formula is C18H35IN4O. The van der Waals surface area contributed by atoms with Crippen LogP contribution in [0.1, 0.15) is 59.8 Å². The molecular weight excluding hydrogens is 415 g/mol. The summed E-state index contributed by atoms with van der Waals surface area (Å²) in [6.07, 6.45) is 7.01. The first-order valence-electron chi connectivity index (χ1n) is 9.20. The molecule has 3 N–H and O–H groups in total. The molecule has 0 saturated heterocycles. The van der Waals surface area contributed by atoms with Crippen LogP contribution in [0.4, 0.5) is 0 Å². The first kappa shape index (κ1) is 21.5. The van der Waals surface area contributed by atoms with E-state index in [0.717, 1.165) is 36.8 Å². The zero-order valence-corrected chi connectivity index (χ0v) is 18.0. The number of nitrogens with zero attached hydrogens (tertiary/aromatic N) is 1. The second-order valence-electron chi connectivity index (χ2n) is 8.14. The van der Waals surface area contributed by atoms with Crippen LogP contribution in [0, 0.1) is 17.8 Å². The van der Waals surface area contributed by atoms with Crippen LogP contribution in [0.25, 0.3) is 0 Å². The number of nitrogens with one attached hydrogen (secondary N) is 3. The molecule has 140 valence electrons. The molecule has 0 heterocycles. The maximum Gasteiger partial charge on any atom is 0.242 e. The van der Waals surface area contributed by atoms with Crippen molar-refractivity contribution in [1.29, 1.82) is 0 Å². The van der Waals surface area contributed by atoms with E-state index in [1.807, 2.05) is 27.7 Å². The molecule has 0 radical (unpaired) electrons. The Morgan fingerprint density at radius 2 is 1.92 bits per heavy atom. The number of aliphatic imine (C=N–C) groups is 1. The van der Waals surface area contributed by atoms with Crippen molar-refractivity contribution < 1.29 is 4.79 Å². The Hall–Kier alpha value is -0.530. The van der Waals surface area contributed by atoms with Crippen molar-refractivity contribution in [2.75, 3.05) is 19.6 Å². The fourth-order valence-electron chi connectivity index (χ4n) is 4.06. The molecule has 2 fully saturated rings. The van der Waals surface area contributed by atoms with Crippen molar-refractivity contribution in [3.8, 4) is 0 Å². The van der Waals surface area contributed by atoms with Crippen LogP contribution >= 0.6 is 24.0 Å². The molecule has 0 aromatic rings. The summed E-state index contributed by atoms with van der Waals surface area (Å²) >= 11 is 0. The van der Waals surface area contributed by atoms with Crippen LogP contribution in [-0.4, -0.2) is 37.0 Å². The first-order valence-corrected chi connectivity index (χ1v) is 9.20. The van der Waals surface area contributed by atoms with Gasteiger partial charge in [-0.25, -0.2) is 4.99 Å². The Morgan fingerprint density at radius 1 is 1.17 bits per heavy atom. The van der Waals surface area contributed by atoms with Crippen molar-refractivity contribution in [3.63, 3.8) is 0 Å². The number of carbonyl (C=O) groups excluding carboxylic acids is 1. The van der Waals surface area contributed by atoms with Crippen molar-refractivity contribution in [2.45, 2.75) is 65.3 Å². The van der Waals surface area contributed by atoms with E-state index in [2.05, 4.69) is 20.9 Å². The minimum atomic E-state index is -0.208. The highest BCUT2D eigenvalue weighted by Gasteiger charge is 2.38. The maximum atomic E-state index is 11.9. The number of halogens is 1. The Balaban J connectivity index is 0.00000288. The van der Waals surface area contributed by atoms with Gasteiger partial charge in [-0.05, 0) is 71.1 Å². The third-order valence-corrected chi connectivity index (χ3v) is 4.93. The lowest BCUT2D eigenvalue weighted by Crippen LogP contribution is -2.43. The number of rotatable bonds is 6. The van der Waals surface area contributed by atoms with Crippen molar-refractivity contribution in [2.24, 2.45) is 22.7 Å². The largest absolute Gasteiger partial charge is 0.357 e. The number of amides is 1. The zero-order chi connectivity index (χ0) is 16.9. The molecule has 6 heteroatoms. The van der Waals surface area contributed by atoms with E-state index >= 15 is 0 Å². The molecule has 2 aliphatic carbocycles. The molecule has 5 nitrogen and oxygen atoms in total. The summed E-state index contributed by atoms with van der Waals surface area (Å²) in [6, 6.07) is 0. The third-order valence-electron chi connectivity index (χ3n) is 4.93. The molecule has 2 aliphatic rings. The average molecular weight is 450 g/mol. The lowest BCUT2D eigenvalue weighted by Gasteiger charge is -2.22. The highest BCUT2D eigenvalue weighted by atomic mass is 127. The fourth-order valence-corrected chi connectivity index (χ4v) is 4.06. The van der Waals surface area contributed by atoms with E-state index in [1.165, 1.54) is 32.1 Å². The second-order valence-corrected chi connectivity index (χ2v) is 8.14. The Kier molecular flexibility index (Phi) is 8.81. The van der Waals surface area contributed by atoms with Crippen LogP contribution in [0.3, 0.4) is 0 Å². The van der Waals surface area contributed by atoms with Gasteiger partial charge in [-0.3, -0.25) is 4.79 Å². The fraction of sp³-hybridized carbons (Fsp3) is 0.889. The summed E-state index contributed by atoms with van der Waals surface area (Å²) < 4.78 is 0. The molecule has 0 aromatic carbocycles. The first-order chi connectivity index (χ1) is 10.9. The average Bonchev–Trinajstić information content (AvgIpc) is 3.05. The van der Waals surface area contributed by atoms with E-state index in [9.17, 15) is 4.79 Å². The van der Waals surface area contributed by atoms with Gasteiger partial charge in [-0.15, -0.1) is 24.0 Å². The monoisotopic (exact) mass is 450 g/mol. The number of carbonyl (C=O) groups is 1. The van der Waals surface area contributed by atoms with E-state index < -0.39 is 0 Å². The molecule has 3 unspecified atom stereocenters. The van der Waals surface area contributed by atoms with E-state index in [4.69, 9.17) is 0 Å². The maximum absolute atomic E-state index is 11.9. The second kappa shape index (κ2) is 9.82. The highest BCUT2D eigenvalue weighted by molar-refractivity contribution is 14.0. The van der Waals surface area contributed by atoms with Gasteiger partial charge in [0.25, 0.3) is 0 Å². The van der Waals surface area contributed by atoms with E-state index in [-0.39, 0.29) is 42.0 Å². The summed E-state index contributed by atoms with van der Waals surface area (Å²) in [7, 11) is 0. The quantitative estimate of drug-likeness (QED) is 0.331. The van der Waals surface area contributed by atoms with Crippen molar-refractivity contribution in [3.05, 3.63) is 0 Å². The standard InChI is InChI=1S/C18H34N4O.HI/c1-5-19-17(21-12-16(23)22-18(2,3)4)20-9-8-15-11-13-6-7-14(15)10-13;/h13-15H,5-12H2,1-4H3,(H,22,23)(H2,19,20,21);1H. The summed E-state index contributed by atoms with van der Waals surface area (Å²) in [5.74, 6) is 3.59. The smallest absolute Gasteiger partial charge is 0.242 e. The third kappa shape index (κ3) is 7.15. The molecule has 1 amide bonds.